The maximum absolute atomic E-state index is 11.9. The molecule has 0 N–H and O–H groups in total. The molecule has 2 unspecified atom stereocenters. The molecule has 0 aromatic carbocycles. The van der Waals surface area contributed by atoms with Gasteiger partial charge in [-0.25, -0.2) is 0 Å². The van der Waals surface area contributed by atoms with E-state index in [1.807, 2.05) is 11.3 Å². The molecule has 2 heterocycles. The highest BCUT2D eigenvalue weighted by Crippen LogP contribution is 2.35. The minimum absolute atomic E-state index is 0.325. The Balaban J connectivity index is 1.71. The van der Waals surface area contributed by atoms with Crippen molar-refractivity contribution in [2.45, 2.75) is 44.7 Å². The number of thiophene rings is 1. The van der Waals surface area contributed by atoms with E-state index in [9.17, 15) is 4.79 Å². The van der Waals surface area contributed by atoms with Crippen LogP contribution in [0.15, 0.2) is 15.9 Å². The van der Waals surface area contributed by atoms with Crippen molar-refractivity contribution in [1.82, 2.24) is 4.90 Å². The van der Waals surface area contributed by atoms with Crippen LogP contribution in [0.4, 0.5) is 0 Å². The van der Waals surface area contributed by atoms with Gasteiger partial charge in [0.05, 0.1) is 0 Å². The maximum Gasteiger partial charge on any atom is 0.137 e. The first-order valence-corrected chi connectivity index (χ1v) is 8.41. The summed E-state index contributed by atoms with van der Waals surface area (Å²) in [5.74, 6) is 0.836. The van der Waals surface area contributed by atoms with E-state index in [0.29, 0.717) is 17.7 Å². The Morgan fingerprint density at radius 1 is 1.39 bits per heavy atom. The van der Waals surface area contributed by atoms with Crippen LogP contribution in [0, 0.1) is 5.92 Å². The molecule has 1 saturated heterocycles. The first kappa shape index (κ1) is 12.8. The summed E-state index contributed by atoms with van der Waals surface area (Å²) in [7, 11) is 0. The van der Waals surface area contributed by atoms with Gasteiger partial charge in [0.25, 0.3) is 0 Å². The zero-order valence-corrected chi connectivity index (χ0v) is 12.8. The minimum atomic E-state index is 0.325. The number of nitrogens with zero attached hydrogens (tertiary/aromatic N) is 1. The van der Waals surface area contributed by atoms with E-state index < -0.39 is 0 Å². The smallest absolute Gasteiger partial charge is 0.137 e. The molecule has 0 bridgehead atoms. The van der Waals surface area contributed by atoms with Gasteiger partial charge in [-0.2, -0.15) is 0 Å². The SMILES string of the molecule is O=C1CCCC1C1CCCN1Cc1sccc1Br. The van der Waals surface area contributed by atoms with Crippen LogP contribution in [-0.2, 0) is 11.3 Å². The molecule has 2 atom stereocenters. The molecule has 1 aliphatic heterocycles. The van der Waals surface area contributed by atoms with E-state index >= 15 is 0 Å². The van der Waals surface area contributed by atoms with Crippen molar-refractivity contribution in [2.24, 2.45) is 5.92 Å². The van der Waals surface area contributed by atoms with Crippen LogP contribution in [0.3, 0.4) is 0 Å². The van der Waals surface area contributed by atoms with Gasteiger partial charge >= 0.3 is 0 Å². The van der Waals surface area contributed by atoms with Crippen molar-refractivity contribution in [3.8, 4) is 0 Å². The molecular formula is C14H18BrNOS. The zero-order valence-electron chi connectivity index (χ0n) is 10.4. The Bertz CT molecular complexity index is 445. The van der Waals surface area contributed by atoms with E-state index in [0.717, 1.165) is 32.4 Å². The van der Waals surface area contributed by atoms with E-state index in [2.05, 4.69) is 32.3 Å². The van der Waals surface area contributed by atoms with Gasteiger partial charge in [0.15, 0.2) is 0 Å². The molecule has 2 nitrogen and oxygen atoms in total. The third kappa shape index (κ3) is 2.43. The lowest BCUT2D eigenvalue weighted by Gasteiger charge is -2.28. The first-order valence-electron chi connectivity index (χ1n) is 6.74. The first-order chi connectivity index (χ1) is 8.75. The van der Waals surface area contributed by atoms with Crippen LogP contribution in [0.5, 0.6) is 0 Å². The Morgan fingerprint density at radius 2 is 2.28 bits per heavy atom. The van der Waals surface area contributed by atoms with Gasteiger partial charge in [-0.05, 0) is 59.6 Å². The van der Waals surface area contributed by atoms with E-state index in [1.165, 1.54) is 22.2 Å². The number of ketones is 1. The van der Waals surface area contributed by atoms with Gasteiger partial charge in [0.1, 0.15) is 5.78 Å². The fourth-order valence-corrected chi connectivity index (χ4v) is 4.88. The summed E-state index contributed by atoms with van der Waals surface area (Å²) < 4.78 is 1.22. The molecule has 2 aliphatic rings. The second-order valence-electron chi connectivity index (χ2n) is 5.34. The summed E-state index contributed by atoms with van der Waals surface area (Å²) in [6, 6.07) is 2.63. The molecule has 1 aromatic rings. The Morgan fingerprint density at radius 3 is 2.94 bits per heavy atom. The predicted molar refractivity (Wildman–Crippen MR) is 77.8 cm³/mol. The van der Waals surface area contributed by atoms with Crippen LogP contribution in [0.2, 0.25) is 0 Å². The molecule has 0 amide bonds. The number of Topliss-reactive ketones (excluding diaryl/α,β-unsaturated/α-hetero) is 1. The standard InChI is InChI=1S/C14H18BrNOS/c15-11-6-8-18-14(11)9-16-7-2-4-12(16)10-3-1-5-13(10)17/h6,8,10,12H,1-5,7,9H2. The molecule has 0 radical (unpaired) electrons. The predicted octanol–water partition coefficient (Wildman–Crippen LogP) is 3.84. The van der Waals surface area contributed by atoms with E-state index in [-0.39, 0.29) is 0 Å². The number of hydrogen-bond donors (Lipinski definition) is 0. The van der Waals surface area contributed by atoms with Crippen molar-refractivity contribution in [1.29, 1.82) is 0 Å². The molecule has 0 spiro atoms. The molecule has 1 saturated carbocycles. The van der Waals surface area contributed by atoms with Crippen LogP contribution in [0.25, 0.3) is 0 Å². The summed E-state index contributed by atoms with van der Waals surface area (Å²) in [6.45, 7) is 2.16. The van der Waals surface area contributed by atoms with Crippen molar-refractivity contribution in [3.63, 3.8) is 0 Å². The third-order valence-electron chi connectivity index (χ3n) is 4.27. The molecule has 98 valence electrons. The number of rotatable bonds is 3. The highest BCUT2D eigenvalue weighted by Gasteiger charge is 2.38. The van der Waals surface area contributed by atoms with E-state index in [1.54, 1.807) is 0 Å². The largest absolute Gasteiger partial charge is 0.299 e. The zero-order chi connectivity index (χ0) is 12.5. The highest BCUT2D eigenvalue weighted by atomic mass is 79.9. The summed E-state index contributed by atoms with van der Waals surface area (Å²) >= 11 is 5.41. The fourth-order valence-electron chi connectivity index (χ4n) is 3.38. The molecule has 1 aromatic heterocycles. The number of likely N-dealkylation sites (tertiary alicyclic amines) is 1. The van der Waals surface area contributed by atoms with Gasteiger partial charge in [0, 0.05) is 34.3 Å². The molecule has 1 aliphatic carbocycles. The van der Waals surface area contributed by atoms with Crippen molar-refractivity contribution in [3.05, 3.63) is 20.8 Å². The number of carbonyl (C=O) groups excluding carboxylic acids is 1. The second kappa shape index (κ2) is 5.43. The monoisotopic (exact) mass is 327 g/mol. The molecule has 2 fully saturated rings. The van der Waals surface area contributed by atoms with Crippen molar-refractivity contribution < 1.29 is 4.79 Å². The van der Waals surface area contributed by atoms with Gasteiger partial charge < -0.3 is 0 Å². The van der Waals surface area contributed by atoms with Gasteiger partial charge in [-0.1, -0.05) is 0 Å². The highest BCUT2D eigenvalue weighted by molar-refractivity contribution is 9.10. The topological polar surface area (TPSA) is 20.3 Å². The Hall–Kier alpha value is -0.190. The summed E-state index contributed by atoms with van der Waals surface area (Å²) in [5, 5.41) is 2.13. The number of halogens is 1. The lowest BCUT2D eigenvalue weighted by Crippen LogP contribution is -2.36. The molecule has 4 heteroatoms. The fraction of sp³-hybridized carbons (Fsp3) is 0.643. The van der Waals surface area contributed by atoms with Gasteiger partial charge in [-0.15, -0.1) is 11.3 Å². The number of hydrogen-bond acceptors (Lipinski definition) is 3. The van der Waals surface area contributed by atoms with Crippen molar-refractivity contribution in [2.75, 3.05) is 6.54 Å². The molecular weight excluding hydrogens is 310 g/mol. The summed E-state index contributed by atoms with van der Waals surface area (Å²) in [5.41, 5.74) is 0. The second-order valence-corrected chi connectivity index (χ2v) is 7.19. The van der Waals surface area contributed by atoms with Crippen LogP contribution < -0.4 is 0 Å². The van der Waals surface area contributed by atoms with Gasteiger partial charge in [0.2, 0.25) is 0 Å². The summed E-state index contributed by atoms with van der Waals surface area (Å²) in [6.07, 6.45) is 5.50. The maximum atomic E-state index is 11.9. The average molecular weight is 328 g/mol. The third-order valence-corrected chi connectivity index (χ3v) is 6.18. The normalized spacial score (nSPS) is 29.3. The van der Waals surface area contributed by atoms with Gasteiger partial charge in [-0.3, -0.25) is 9.69 Å². The Labute approximate surface area is 120 Å². The van der Waals surface area contributed by atoms with Crippen molar-refractivity contribution >= 4 is 33.0 Å². The quantitative estimate of drug-likeness (QED) is 0.840. The lowest BCUT2D eigenvalue weighted by atomic mass is 9.95. The molecule has 18 heavy (non-hydrogen) atoms. The van der Waals surface area contributed by atoms with Crippen LogP contribution in [0.1, 0.15) is 37.0 Å². The summed E-state index contributed by atoms with van der Waals surface area (Å²) in [4.78, 5) is 15.9. The van der Waals surface area contributed by atoms with Crippen LogP contribution >= 0.6 is 27.3 Å². The Kier molecular flexibility index (Phi) is 3.87. The average Bonchev–Trinajstić information content (AvgIpc) is 3.03. The van der Waals surface area contributed by atoms with E-state index in [4.69, 9.17) is 0 Å². The number of carbonyl (C=O) groups is 1. The van der Waals surface area contributed by atoms with Crippen LogP contribution in [-0.4, -0.2) is 23.3 Å². The molecule has 3 rings (SSSR count). The lowest BCUT2D eigenvalue weighted by molar-refractivity contribution is -0.122. The minimum Gasteiger partial charge on any atom is -0.299 e.